The third kappa shape index (κ3) is 2.54. The molecule has 0 radical (unpaired) electrons. The number of aliphatic carboxylic acids is 1. The van der Waals surface area contributed by atoms with Gasteiger partial charge in [-0.05, 0) is 30.9 Å². The summed E-state index contributed by atoms with van der Waals surface area (Å²) in [5.74, 6) is -0.867. The van der Waals surface area contributed by atoms with Gasteiger partial charge >= 0.3 is 5.97 Å². The molecule has 0 saturated heterocycles. The summed E-state index contributed by atoms with van der Waals surface area (Å²) in [6.07, 6.45) is -0.0385. The van der Waals surface area contributed by atoms with Gasteiger partial charge in [0.2, 0.25) is 0 Å². The molecule has 0 spiro atoms. The lowest BCUT2D eigenvalue weighted by molar-refractivity contribution is -0.138. The van der Waals surface area contributed by atoms with Crippen LogP contribution >= 0.6 is 11.3 Å². The first-order valence-corrected chi connectivity index (χ1v) is 4.86. The lowest BCUT2D eigenvalue weighted by Crippen LogP contribution is -2.35. The van der Waals surface area contributed by atoms with Crippen molar-refractivity contribution in [1.82, 2.24) is 0 Å². The summed E-state index contributed by atoms with van der Waals surface area (Å²) < 4.78 is 0. The van der Waals surface area contributed by atoms with Gasteiger partial charge in [-0.25, -0.2) is 0 Å². The topological polar surface area (TPSA) is 63.3 Å². The number of hydrogen-bond donors (Lipinski definition) is 2. The zero-order valence-electron chi connectivity index (χ0n) is 7.70. The Morgan fingerprint density at radius 2 is 2.38 bits per heavy atom. The molecule has 3 N–H and O–H groups in total. The number of aryl methyl sites for hydroxylation is 1. The van der Waals surface area contributed by atoms with Gasteiger partial charge in [0.25, 0.3) is 0 Å². The molecule has 72 valence electrons. The largest absolute Gasteiger partial charge is 0.481 e. The third-order valence-corrected chi connectivity index (χ3v) is 2.77. The molecule has 1 atom stereocenters. The fourth-order valence-corrected chi connectivity index (χ4v) is 2.00. The summed E-state index contributed by atoms with van der Waals surface area (Å²) in [6, 6.07) is 1.94. The molecule has 1 heterocycles. The Bertz CT molecular complexity index is 317. The average molecular weight is 199 g/mol. The van der Waals surface area contributed by atoms with E-state index in [-0.39, 0.29) is 6.42 Å². The van der Waals surface area contributed by atoms with Gasteiger partial charge in [0, 0.05) is 10.4 Å². The smallest absolute Gasteiger partial charge is 0.305 e. The summed E-state index contributed by atoms with van der Waals surface area (Å²) >= 11 is 1.59. The standard InChI is InChI=1S/C9H13NO2S/c1-6-3-7(5-13-6)9(2,10)4-8(11)12/h3,5H,4,10H2,1-2H3,(H,11,12). The third-order valence-electron chi connectivity index (χ3n) is 1.91. The van der Waals surface area contributed by atoms with Crippen LogP contribution in [-0.4, -0.2) is 11.1 Å². The monoisotopic (exact) mass is 199 g/mol. The minimum atomic E-state index is -0.867. The minimum Gasteiger partial charge on any atom is -0.481 e. The molecule has 0 aliphatic heterocycles. The van der Waals surface area contributed by atoms with Crippen LogP contribution in [0.5, 0.6) is 0 Å². The quantitative estimate of drug-likeness (QED) is 0.778. The maximum Gasteiger partial charge on any atom is 0.305 e. The molecule has 0 bridgehead atoms. The Morgan fingerprint density at radius 1 is 1.77 bits per heavy atom. The van der Waals surface area contributed by atoms with Crippen LogP contribution in [0.25, 0.3) is 0 Å². The van der Waals surface area contributed by atoms with Gasteiger partial charge in [-0.15, -0.1) is 11.3 Å². The number of carboxylic acid groups (broad SMARTS) is 1. The second-order valence-corrected chi connectivity index (χ2v) is 4.55. The molecule has 1 rings (SSSR count). The fourth-order valence-electron chi connectivity index (χ4n) is 1.16. The molecule has 1 unspecified atom stereocenters. The van der Waals surface area contributed by atoms with Gasteiger partial charge in [0.15, 0.2) is 0 Å². The molecule has 1 aromatic rings. The molecule has 0 aliphatic carbocycles. The Labute approximate surface area is 81.2 Å². The Balaban J connectivity index is 2.86. The van der Waals surface area contributed by atoms with Crippen molar-refractivity contribution in [3.05, 3.63) is 21.9 Å². The van der Waals surface area contributed by atoms with Crippen molar-refractivity contribution in [2.24, 2.45) is 5.73 Å². The van der Waals surface area contributed by atoms with Crippen LogP contribution in [0.2, 0.25) is 0 Å². The fraction of sp³-hybridized carbons (Fsp3) is 0.444. The predicted molar refractivity (Wildman–Crippen MR) is 52.8 cm³/mol. The summed E-state index contributed by atoms with van der Waals surface area (Å²) in [6.45, 7) is 3.72. The van der Waals surface area contributed by atoms with Crippen LogP contribution in [0.15, 0.2) is 11.4 Å². The molecule has 0 aromatic carbocycles. The van der Waals surface area contributed by atoms with Crippen LogP contribution in [0.3, 0.4) is 0 Å². The van der Waals surface area contributed by atoms with Crippen LogP contribution in [-0.2, 0) is 10.3 Å². The number of rotatable bonds is 3. The normalized spacial score (nSPS) is 15.3. The average Bonchev–Trinajstić information content (AvgIpc) is 2.32. The van der Waals surface area contributed by atoms with Crippen molar-refractivity contribution < 1.29 is 9.90 Å². The van der Waals surface area contributed by atoms with E-state index in [1.54, 1.807) is 18.3 Å². The summed E-state index contributed by atoms with van der Waals surface area (Å²) in [5.41, 5.74) is 6.03. The number of hydrogen-bond acceptors (Lipinski definition) is 3. The second-order valence-electron chi connectivity index (χ2n) is 3.43. The summed E-state index contributed by atoms with van der Waals surface area (Å²) in [4.78, 5) is 11.7. The molecule has 0 saturated carbocycles. The molecule has 1 aromatic heterocycles. The van der Waals surface area contributed by atoms with Crippen LogP contribution in [0.1, 0.15) is 23.8 Å². The molecule has 0 amide bonds. The highest BCUT2D eigenvalue weighted by atomic mass is 32.1. The Morgan fingerprint density at radius 3 is 2.77 bits per heavy atom. The second kappa shape index (κ2) is 3.47. The molecular weight excluding hydrogens is 186 g/mol. The van der Waals surface area contributed by atoms with Crippen molar-refractivity contribution in [2.75, 3.05) is 0 Å². The number of carboxylic acids is 1. The van der Waals surface area contributed by atoms with Crippen molar-refractivity contribution in [1.29, 1.82) is 0 Å². The predicted octanol–water partition coefficient (Wildman–Crippen LogP) is 1.71. The Hall–Kier alpha value is -0.870. The Kier molecular flexibility index (Phi) is 2.73. The first-order chi connectivity index (χ1) is 5.92. The number of nitrogens with two attached hydrogens (primary N) is 1. The van der Waals surface area contributed by atoms with E-state index in [9.17, 15) is 4.79 Å². The highest BCUT2D eigenvalue weighted by Gasteiger charge is 2.25. The molecule has 4 heteroatoms. The van der Waals surface area contributed by atoms with Crippen molar-refractivity contribution >= 4 is 17.3 Å². The van der Waals surface area contributed by atoms with E-state index in [0.717, 1.165) is 10.4 Å². The highest BCUT2D eigenvalue weighted by Crippen LogP contribution is 2.26. The summed E-state index contributed by atoms with van der Waals surface area (Å²) in [7, 11) is 0. The van der Waals surface area contributed by atoms with Gasteiger partial charge in [0.05, 0.1) is 6.42 Å². The highest BCUT2D eigenvalue weighted by molar-refractivity contribution is 7.10. The first kappa shape index (κ1) is 10.2. The van der Waals surface area contributed by atoms with Crippen molar-refractivity contribution in [3.8, 4) is 0 Å². The van der Waals surface area contributed by atoms with Crippen molar-refractivity contribution in [3.63, 3.8) is 0 Å². The van der Waals surface area contributed by atoms with E-state index < -0.39 is 11.5 Å². The van der Waals surface area contributed by atoms with E-state index in [1.807, 2.05) is 18.4 Å². The van der Waals surface area contributed by atoms with Crippen LogP contribution in [0.4, 0.5) is 0 Å². The maximum absolute atomic E-state index is 10.5. The van der Waals surface area contributed by atoms with Gasteiger partial charge < -0.3 is 10.8 Å². The molecule has 13 heavy (non-hydrogen) atoms. The zero-order valence-corrected chi connectivity index (χ0v) is 8.52. The molecular formula is C9H13NO2S. The number of carbonyl (C=O) groups is 1. The van der Waals surface area contributed by atoms with E-state index in [2.05, 4.69) is 0 Å². The minimum absolute atomic E-state index is 0.0385. The molecule has 0 fully saturated rings. The van der Waals surface area contributed by atoms with E-state index in [1.165, 1.54) is 0 Å². The first-order valence-electron chi connectivity index (χ1n) is 3.98. The van der Waals surface area contributed by atoms with E-state index in [4.69, 9.17) is 10.8 Å². The zero-order chi connectivity index (χ0) is 10.1. The van der Waals surface area contributed by atoms with E-state index in [0.29, 0.717) is 0 Å². The molecule has 3 nitrogen and oxygen atoms in total. The van der Waals surface area contributed by atoms with Gasteiger partial charge in [0.1, 0.15) is 0 Å². The maximum atomic E-state index is 10.5. The van der Waals surface area contributed by atoms with Gasteiger partial charge in [-0.1, -0.05) is 0 Å². The van der Waals surface area contributed by atoms with Gasteiger partial charge in [-0.3, -0.25) is 4.79 Å². The van der Waals surface area contributed by atoms with Gasteiger partial charge in [-0.2, -0.15) is 0 Å². The SMILES string of the molecule is Cc1cc(C(C)(N)CC(=O)O)cs1. The van der Waals surface area contributed by atoms with Crippen molar-refractivity contribution in [2.45, 2.75) is 25.8 Å². The lowest BCUT2D eigenvalue weighted by Gasteiger charge is -2.20. The summed E-state index contributed by atoms with van der Waals surface area (Å²) in [5, 5.41) is 10.6. The van der Waals surface area contributed by atoms with Crippen LogP contribution in [0, 0.1) is 6.92 Å². The van der Waals surface area contributed by atoms with E-state index >= 15 is 0 Å². The van der Waals surface area contributed by atoms with Crippen LogP contribution < -0.4 is 5.73 Å². The number of thiophene rings is 1. The lowest BCUT2D eigenvalue weighted by atomic mass is 9.92. The molecule has 0 aliphatic rings.